The van der Waals surface area contributed by atoms with Gasteiger partial charge in [-0.05, 0) is 54.6 Å². The number of nitrogens with zero attached hydrogens (tertiary/aromatic N) is 5. The van der Waals surface area contributed by atoms with Crippen molar-refractivity contribution in [1.29, 1.82) is 0 Å². The molecular weight excluding hydrogens is 475 g/mol. The molecule has 0 spiro atoms. The second-order valence-electron chi connectivity index (χ2n) is 8.90. The molecule has 6 nitrogen and oxygen atoms in total. The topological polar surface area (TPSA) is 52.6 Å². The van der Waals surface area contributed by atoms with Crippen LogP contribution in [0.15, 0.2) is 53.9 Å². The van der Waals surface area contributed by atoms with Crippen molar-refractivity contribution in [1.82, 2.24) is 15.1 Å². The van der Waals surface area contributed by atoms with Gasteiger partial charge in [-0.15, -0.1) is 21.5 Å². The summed E-state index contributed by atoms with van der Waals surface area (Å²) in [6.07, 6.45) is -2.64. The first kappa shape index (κ1) is 23.6. The summed E-state index contributed by atoms with van der Waals surface area (Å²) in [6, 6.07) is 13.3. The maximum atomic E-state index is 13.3. The number of anilines is 2. The van der Waals surface area contributed by atoms with Crippen LogP contribution in [0.3, 0.4) is 0 Å². The Labute approximate surface area is 206 Å². The molecule has 1 aromatic carbocycles. The van der Waals surface area contributed by atoms with Gasteiger partial charge in [-0.3, -0.25) is 4.79 Å². The maximum absolute atomic E-state index is 13.3. The lowest BCUT2D eigenvalue weighted by molar-refractivity contribution is -0.137. The van der Waals surface area contributed by atoms with E-state index in [1.807, 2.05) is 39.4 Å². The Bertz CT molecular complexity index is 1140. The molecule has 0 N–H and O–H groups in total. The molecule has 2 aliphatic heterocycles. The summed E-state index contributed by atoms with van der Waals surface area (Å²) in [4.78, 5) is 20.2. The standard InChI is InChI=1S/C25H26F3N5OS/c26-25(27,28)19-5-1-6-20(16-19)31-11-13-32(14-12-31)24(34)18-4-2-10-33(17-18)23-9-8-21(29-30-23)22-7-3-15-35-22/h1,3,5-9,15-16,18H,2,4,10-14,17H2. The maximum Gasteiger partial charge on any atom is 0.416 e. The molecule has 0 saturated carbocycles. The number of carbonyl (C=O) groups is 1. The Kier molecular flexibility index (Phi) is 6.64. The number of rotatable bonds is 4. The number of benzene rings is 1. The van der Waals surface area contributed by atoms with Gasteiger partial charge in [0.15, 0.2) is 5.82 Å². The third-order valence-corrected chi connectivity index (χ3v) is 7.54. The predicted molar refractivity (Wildman–Crippen MR) is 131 cm³/mol. The van der Waals surface area contributed by atoms with Gasteiger partial charge in [0.2, 0.25) is 5.91 Å². The van der Waals surface area contributed by atoms with Crippen LogP contribution in [0, 0.1) is 5.92 Å². The molecule has 1 atom stereocenters. The zero-order chi connectivity index (χ0) is 24.4. The molecule has 10 heteroatoms. The van der Waals surface area contributed by atoms with Gasteiger partial charge >= 0.3 is 6.18 Å². The molecule has 35 heavy (non-hydrogen) atoms. The predicted octanol–water partition coefficient (Wildman–Crippen LogP) is 4.79. The van der Waals surface area contributed by atoms with Crippen molar-refractivity contribution in [2.75, 3.05) is 49.1 Å². The quantitative estimate of drug-likeness (QED) is 0.515. The van der Waals surface area contributed by atoms with Crippen LogP contribution < -0.4 is 9.80 Å². The zero-order valence-electron chi connectivity index (χ0n) is 19.1. The Balaban J connectivity index is 1.18. The molecule has 4 heterocycles. The smallest absolute Gasteiger partial charge is 0.368 e. The van der Waals surface area contributed by atoms with E-state index in [1.54, 1.807) is 17.4 Å². The van der Waals surface area contributed by atoms with E-state index in [4.69, 9.17) is 0 Å². The van der Waals surface area contributed by atoms with Crippen LogP contribution in [0.2, 0.25) is 0 Å². The number of alkyl halides is 3. The van der Waals surface area contributed by atoms with Crippen molar-refractivity contribution in [2.45, 2.75) is 19.0 Å². The van der Waals surface area contributed by atoms with Gasteiger partial charge in [0, 0.05) is 45.0 Å². The summed E-state index contributed by atoms with van der Waals surface area (Å²) >= 11 is 1.62. The van der Waals surface area contributed by atoms with Gasteiger partial charge < -0.3 is 14.7 Å². The largest absolute Gasteiger partial charge is 0.416 e. The molecule has 0 aliphatic carbocycles. The van der Waals surface area contributed by atoms with E-state index in [2.05, 4.69) is 15.1 Å². The normalized spacial score (nSPS) is 19.2. The highest BCUT2D eigenvalue weighted by molar-refractivity contribution is 7.13. The molecule has 5 rings (SSSR count). The number of hydrogen-bond donors (Lipinski definition) is 0. The number of halogens is 3. The second kappa shape index (κ2) is 9.85. The second-order valence-corrected chi connectivity index (χ2v) is 9.85. The van der Waals surface area contributed by atoms with Gasteiger partial charge in [0.05, 0.1) is 16.4 Å². The van der Waals surface area contributed by atoms with E-state index in [0.717, 1.165) is 41.8 Å². The van der Waals surface area contributed by atoms with Crippen LogP contribution in [0.5, 0.6) is 0 Å². The number of aromatic nitrogens is 2. The first-order valence-electron chi connectivity index (χ1n) is 11.7. The molecule has 1 amide bonds. The van der Waals surface area contributed by atoms with Crippen LogP contribution in [0.1, 0.15) is 18.4 Å². The Morgan fingerprint density at radius 1 is 0.943 bits per heavy atom. The minimum absolute atomic E-state index is 0.113. The SMILES string of the molecule is O=C(C1CCCN(c2ccc(-c3cccs3)nn2)C1)N1CCN(c2cccc(C(F)(F)F)c2)CC1. The Morgan fingerprint density at radius 2 is 1.77 bits per heavy atom. The number of carbonyl (C=O) groups excluding carboxylic acids is 1. The first-order chi connectivity index (χ1) is 16.9. The molecule has 2 aromatic heterocycles. The van der Waals surface area contributed by atoms with E-state index >= 15 is 0 Å². The number of thiophene rings is 1. The highest BCUT2D eigenvalue weighted by Gasteiger charge is 2.33. The first-order valence-corrected chi connectivity index (χ1v) is 12.6. The molecule has 0 bridgehead atoms. The van der Waals surface area contributed by atoms with Gasteiger partial charge in [-0.25, -0.2) is 0 Å². The van der Waals surface area contributed by atoms with Crippen molar-refractivity contribution in [3.63, 3.8) is 0 Å². The van der Waals surface area contributed by atoms with Crippen LogP contribution in [0.25, 0.3) is 10.6 Å². The fraction of sp³-hybridized carbons (Fsp3) is 0.400. The lowest BCUT2D eigenvalue weighted by Gasteiger charge is -2.40. The fourth-order valence-electron chi connectivity index (χ4n) is 4.76. The third-order valence-electron chi connectivity index (χ3n) is 6.65. The number of amides is 1. The van der Waals surface area contributed by atoms with Crippen molar-refractivity contribution in [2.24, 2.45) is 5.92 Å². The molecule has 1 unspecified atom stereocenters. The average Bonchev–Trinajstić information content (AvgIpc) is 3.43. The molecule has 3 aromatic rings. The van der Waals surface area contributed by atoms with Crippen molar-refractivity contribution in [3.8, 4) is 10.6 Å². The highest BCUT2D eigenvalue weighted by Crippen LogP contribution is 2.32. The summed E-state index contributed by atoms with van der Waals surface area (Å²) in [7, 11) is 0. The summed E-state index contributed by atoms with van der Waals surface area (Å²) in [5, 5.41) is 10.8. The summed E-state index contributed by atoms with van der Waals surface area (Å²) in [5.74, 6) is 0.765. The fourth-order valence-corrected chi connectivity index (χ4v) is 5.45. The van der Waals surface area contributed by atoms with Gasteiger partial charge in [0.1, 0.15) is 5.69 Å². The van der Waals surface area contributed by atoms with E-state index < -0.39 is 11.7 Å². The monoisotopic (exact) mass is 501 g/mol. The summed E-state index contributed by atoms with van der Waals surface area (Å²) < 4.78 is 39.2. The van der Waals surface area contributed by atoms with Crippen molar-refractivity contribution in [3.05, 3.63) is 59.5 Å². The Morgan fingerprint density at radius 3 is 2.46 bits per heavy atom. The minimum atomic E-state index is -4.37. The summed E-state index contributed by atoms with van der Waals surface area (Å²) in [5.41, 5.74) is 0.731. The van der Waals surface area contributed by atoms with Crippen LogP contribution >= 0.6 is 11.3 Å². The van der Waals surface area contributed by atoms with Gasteiger partial charge in [-0.1, -0.05) is 12.1 Å². The molecular formula is C25H26F3N5OS. The zero-order valence-corrected chi connectivity index (χ0v) is 19.9. The number of hydrogen-bond acceptors (Lipinski definition) is 6. The van der Waals surface area contributed by atoms with E-state index in [0.29, 0.717) is 38.4 Å². The summed E-state index contributed by atoms with van der Waals surface area (Å²) in [6.45, 7) is 3.46. The van der Waals surface area contributed by atoms with Crippen LogP contribution in [-0.2, 0) is 11.0 Å². The molecule has 2 aliphatic rings. The third kappa shape index (κ3) is 5.27. The average molecular weight is 502 g/mol. The van der Waals surface area contributed by atoms with Crippen molar-refractivity contribution >= 4 is 28.7 Å². The van der Waals surface area contributed by atoms with E-state index in [1.165, 1.54) is 12.1 Å². The van der Waals surface area contributed by atoms with Gasteiger partial charge in [-0.2, -0.15) is 13.2 Å². The van der Waals surface area contributed by atoms with E-state index in [9.17, 15) is 18.0 Å². The van der Waals surface area contributed by atoms with Gasteiger partial charge in [0.25, 0.3) is 0 Å². The number of piperazine rings is 1. The molecule has 2 fully saturated rings. The lowest BCUT2D eigenvalue weighted by atomic mass is 9.96. The molecule has 184 valence electrons. The highest BCUT2D eigenvalue weighted by atomic mass is 32.1. The minimum Gasteiger partial charge on any atom is -0.368 e. The molecule has 0 radical (unpaired) electrons. The Hall–Kier alpha value is -3.14. The van der Waals surface area contributed by atoms with Crippen molar-refractivity contribution < 1.29 is 18.0 Å². The van der Waals surface area contributed by atoms with Crippen LogP contribution in [-0.4, -0.2) is 60.3 Å². The van der Waals surface area contributed by atoms with E-state index in [-0.39, 0.29) is 11.8 Å². The van der Waals surface area contributed by atoms with Crippen LogP contribution in [0.4, 0.5) is 24.7 Å². The number of piperidine rings is 1. The lowest BCUT2D eigenvalue weighted by Crippen LogP contribution is -2.52. The molecule has 2 saturated heterocycles.